The van der Waals surface area contributed by atoms with Crippen molar-refractivity contribution < 1.29 is 126 Å². The molecule has 0 saturated carbocycles. The number of carbonyl (C=O) groups excluding carboxylic acids is 12. The molecular weight excluding hydrogens is 2240 g/mol. The summed E-state index contributed by atoms with van der Waals surface area (Å²) >= 11 is 21.7. The molecule has 0 spiro atoms. The molecule has 18 rings (SSSR count). The molecule has 0 radical (unpaired) electrons. The largest absolute Gasteiger partial charge is 0.325 e. The molecule has 6 N–H and O–H groups in total. The summed E-state index contributed by atoms with van der Waals surface area (Å²) in [4.78, 5) is 155. The van der Waals surface area contributed by atoms with Crippen LogP contribution in [0.5, 0.6) is 0 Å². The van der Waals surface area contributed by atoms with Crippen molar-refractivity contribution in [3.63, 3.8) is 0 Å². The highest BCUT2D eigenvalue weighted by atomic mass is 79.9. The Kier molecular flexibility index (Phi) is 32.3. The molecule has 12 aromatic rings. The van der Waals surface area contributed by atoms with Crippen LogP contribution in [-0.4, -0.2) is 190 Å². The zero-order valence-corrected chi connectivity index (χ0v) is 89.6. The molecule has 0 aliphatic carbocycles. The van der Waals surface area contributed by atoms with Crippen LogP contribution >= 0.6 is 107 Å². The lowest BCUT2D eigenvalue weighted by atomic mass is 10.1. The summed E-state index contributed by atoms with van der Waals surface area (Å²) < 4.78 is 206. The van der Waals surface area contributed by atoms with Crippen LogP contribution in [0, 0.1) is 64.8 Å². The van der Waals surface area contributed by atoms with E-state index in [-0.39, 0.29) is 75.0 Å². The molecule has 0 saturated heterocycles. The normalized spacial score (nSPS) is 19.0. The van der Waals surface area contributed by atoms with E-state index in [2.05, 4.69) is 47.8 Å². The van der Waals surface area contributed by atoms with E-state index in [0.717, 1.165) is 123 Å². The summed E-state index contributed by atoms with van der Waals surface area (Å²) in [6, 6.07) is 42.1. The van der Waals surface area contributed by atoms with Gasteiger partial charge in [0, 0.05) is 134 Å². The van der Waals surface area contributed by atoms with E-state index < -0.39 is 190 Å². The Morgan fingerprint density at radius 1 is 0.276 bits per heavy atom. The topological polar surface area (TPSA) is 501 Å². The second-order valence-electron chi connectivity index (χ2n) is 32.0. The Morgan fingerprint density at radius 2 is 0.510 bits per heavy atom. The van der Waals surface area contributed by atoms with Crippen molar-refractivity contribution in [2.24, 2.45) is 0 Å². The Hall–Kier alpha value is -12.4. The van der Waals surface area contributed by atoms with Gasteiger partial charge in [-0.3, -0.25) is 57.5 Å². The van der Waals surface area contributed by atoms with Gasteiger partial charge >= 0.3 is 0 Å². The number of benzene rings is 6. The summed E-state index contributed by atoms with van der Waals surface area (Å²) in [6.07, 6.45) is 0. The molecule has 6 aliphatic heterocycles. The first-order chi connectivity index (χ1) is 67.7. The predicted molar refractivity (Wildman–Crippen MR) is 538 cm³/mol. The number of nitrogens with zero attached hydrogens (tertiary/aromatic N) is 6. The molecule has 6 aromatic carbocycles. The molecule has 145 heavy (non-hydrogen) atoms. The quantitative estimate of drug-likeness (QED) is 0.0489. The minimum Gasteiger partial charge on any atom is -0.325 e. The van der Waals surface area contributed by atoms with Crippen LogP contribution in [-0.2, 0) is 118 Å². The lowest BCUT2D eigenvalue weighted by molar-refractivity contribution is -0.134. The van der Waals surface area contributed by atoms with Gasteiger partial charge in [-0.15, -0.1) is 68.0 Å². The molecule has 762 valence electrons. The van der Waals surface area contributed by atoms with Crippen molar-refractivity contribution in [3.8, 4) is 0 Å². The number of likely N-dealkylation sites (N-methyl/N-ethyl adjacent to an activating group) is 6. The zero-order chi connectivity index (χ0) is 107. The van der Waals surface area contributed by atoms with Crippen molar-refractivity contribution in [3.05, 3.63) is 272 Å². The molecule has 12 amide bonds. The van der Waals surface area contributed by atoms with Crippen molar-refractivity contribution in [1.82, 2.24) is 25.8 Å². The van der Waals surface area contributed by atoms with E-state index in [0.29, 0.717) is 79.2 Å². The Labute approximate surface area is 868 Å². The third kappa shape index (κ3) is 22.1. The number of hydrogen-bond acceptors (Lipinski definition) is 30. The summed E-state index contributed by atoms with van der Waals surface area (Å²) in [5.41, 5.74) is 1.39. The van der Waals surface area contributed by atoms with Crippen LogP contribution in [0.4, 0.5) is 51.7 Å². The lowest BCUT2D eigenvalue weighted by Gasteiger charge is -2.28. The van der Waals surface area contributed by atoms with Crippen LogP contribution in [0.2, 0.25) is 10.0 Å². The van der Waals surface area contributed by atoms with Gasteiger partial charge in [-0.25, -0.2) is 93.9 Å². The fourth-order valence-electron chi connectivity index (χ4n) is 14.8. The first-order valence-electron chi connectivity index (χ1n) is 41.6. The molecule has 36 nitrogen and oxygen atoms in total. The number of hydrogen-bond donors (Lipinski definition) is 6. The van der Waals surface area contributed by atoms with Crippen LogP contribution < -0.4 is 31.9 Å². The van der Waals surface area contributed by atoms with Crippen molar-refractivity contribution in [1.29, 1.82) is 0 Å². The summed E-state index contributed by atoms with van der Waals surface area (Å²) in [5.74, 6) is -19.4. The second kappa shape index (κ2) is 42.6. The number of sulfonamides is 6. The van der Waals surface area contributed by atoms with E-state index in [9.17, 15) is 126 Å². The zero-order valence-electron chi connectivity index (χ0n) is 76.7. The molecule has 6 atom stereocenters. The maximum Gasteiger partial charge on any atom is 0.267 e. The molecule has 12 heterocycles. The minimum absolute atomic E-state index is 0.00797. The molecule has 6 aliphatic rings. The van der Waals surface area contributed by atoms with Crippen LogP contribution in [0.3, 0.4) is 0 Å². The first-order valence-corrected chi connectivity index (χ1v) is 56.7. The van der Waals surface area contributed by atoms with Gasteiger partial charge in [0.15, 0.2) is 35.5 Å². The van der Waals surface area contributed by atoms with Crippen molar-refractivity contribution in [2.45, 2.75) is 106 Å². The summed E-state index contributed by atoms with van der Waals surface area (Å²) in [6.45, 7) is 10.3. The molecule has 0 bridgehead atoms. The van der Waals surface area contributed by atoms with E-state index >= 15 is 0 Å². The predicted octanol–water partition coefficient (Wildman–Crippen LogP) is 14.3. The molecule has 55 heteroatoms. The number of anilines is 6. The highest BCUT2D eigenvalue weighted by Crippen LogP contribution is 2.48. The molecule has 6 unspecified atom stereocenters. The standard InChI is InChI=1S/C15H13BrN2O4S2.C15H12Cl2N2O4S2.C15H12F2N2O4S2.2C15H13FN2O4S2.C15H14N2O4S2/c1-8-7-11-13(23-8)12(15(20)18(2)24(11,21)22)14(19)17-10-5-3-9(16)4-6-10;1-7-5-11-13(24-7)12(15(21)19(2)25(11,22)23)14(20)18-8-3-4-9(16)10(17)6-8;1-7-5-11-13(24-7)12(15(21)19(2)25(11,22)23)14(20)18-10-4-3-8(16)6-9(10)17;1-8-7-11-13(23-8)12(15(20)18(2)24(11,21)22)14(19)17-10-5-3-9(16)4-6-10;1-8-7-11-13(23-8)12(15(20)18(2)24(11,21)22)14(19)17-10-6-4-3-5-9(10)16;1-9-8-11-13(22-9)12(15(19)17(2)23(11,20)21)14(18)16-10-6-4-3-5-7-10/h3-7,12H,1-2H3,(H,17,19);2*3-6,12H,1-2H3,(H,18,20);2*3-7,12H,1-2H3,(H,17,19);3-8,12H,1-2H3,(H,16,18). The number of nitrogens with one attached hydrogen (secondary N) is 6. The summed E-state index contributed by atoms with van der Waals surface area (Å²) in [7, 11) is -16.8. The highest BCUT2D eigenvalue weighted by Gasteiger charge is 2.53. The third-order valence-corrected chi connectivity index (χ3v) is 41.7. The fourth-order valence-corrected chi connectivity index (χ4v) is 32.5. The van der Waals surface area contributed by atoms with Gasteiger partial charge in [-0.1, -0.05) is 69.5 Å². The highest BCUT2D eigenvalue weighted by molar-refractivity contribution is 9.10. The smallest absolute Gasteiger partial charge is 0.267 e. The van der Waals surface area contributed by atoms with Gasteiger partial charge in [0.25, 0.3) is 95.6 Å². The Bertz CT molecular complexity index is 8000. The van der Waals surface area contributed by atoms with Crippen LogP contribution in [0.15, 0.2) is 210 Å². The molecular formula is C90H77BrCl2F4N12O24S12. The lowest BCUT2D eigenvalue weighted by Crippen LogP contribution is -2.45. The number of carbonyl (C=O) groups is 12. The monoisotopic (exact) mass is 2320 g/mol. The average molecular weight is 2320 g/mol. The maximum atomic E-state index is 13.7. The molecule has 6 aromatic heterocycles. The fraction of sp³-hybridized carbons (Fsp3) is 0.200. The minimum atomic E-state index is -4.01. The van der Waals surface area contributed by atoms with Gasteiger partial charge in [-0.2, -0.15) is 0 Å². The number of fused-ring (bicyclic) bond motifs is 6. The number of halogens is 7. The van der Waals surface area contributed by atoms with Crippen molar-refractivity contribution >= 4 is 272 Å². The van der Waals surface area contributed by atoms with E-state index in [1.165, 1.54) is 105 Å². The van der Waals surface area contributed by atoms with Crippen LogP contribution in [0.1, 0.15) is 94.0 Å². The van der Waals surface area contributed by atoms with Gasteiger partial charge in [0.05, 0.1) is 21.4 Å². The van der Waals surface area contributed by atoms with E-state index in [1.54, 1.807) is 102 Å². The number of thiophene rings is 6. The SMILES string of the molecule is Cc1cc2c(s1)C(C(=O)Nc1ccc(Br)cc1)C(=O)N(C)S2(=O)=O.Cc1cc2c(s1)C(C(=O)Nc1ccc(Cl)c(Cl)c1)C(=O)N(C)S2(=O)=O.Cc1cc2c(s1)C(C(=O)Nc1ccc(F)cc1)C(=O)N(C)S2(=O)=O.Cc1cc2c(s1)C(C(=O)Nc1ccc(F)cc1F)C(=O)N(C)S2(=O)=O.Cc1cc2c(s1)C(C(=O)Nc1ccccc1)C(=O)N(C)S2(=O)=O.Cc1cc2c(s1)C(C(=O)Nc1ccccc1F)C(=O)N(C)S2(=O)=O. The Morgan fingerprint density at radius 3 is 0.786 bits per heavy atom. The summed E-state index contributed by atoms with van der Waals surface area (Å²) in [5, 5.41) is 15.6. The maximum absolute atomic E-state index is 13.7. The average Bonchev–Trinajstić information content (AvgIpc) is 1.66. The third-order valence-electron chi connectivity index (χ3n) is 22.2. The number of para-hydroxylation sites is 2. The van der Waals surface area contributed by atoms with Gasteiger partial charge in [-0.05, 0) is 181 Å². The molecule has 0 fully saturated rings. The number of aryl methyl sites for hydroxylation is 6. The first kappa shape index (κ1) is 110. The number of rotatable bonds is 12. The number of amides is 12. The van der Waals surface area contributed by atoms with Crippen LogP contribution in [0.25, 0.3) is 0 Å². The van der Waals surface area contributed by atoms with Gasteiger partial charge in [0.2, 0.25) is 35.4 Å². The van der Waals surface area contributed by atoms with Crippen molar-refractivity contribution in [2.75, 3.05) is 74.2 Å². The Balaban J connectivity index is 0.000000146. The van der Waals surface area contributed by atoms with E-state index in [1.807, 2.05) is 6.07 Å². The van der Waals surface area contributed by atoms with E-state index in [4.69, 9.17) is 23.2 Å². The van der Waals surface area contributed by atoms with Gasteiger partial charge in [0.1, 0.15) is 52.6 Å². The second-order valence-corrected chi connectivity index (χ2v) is 53.1. The van der Waals surface area contributed by atoms with Gasteiger partial charge < -0.3 is 31.9 Å².